The van der Waals surface area contributed by atoms with Crippen molar-refractivity contribution in [1.29, 1.82) is 0 Å². The van der Waals surface area contributed by atoms with Crippen LogP contribution in [-0.4, -0.2) is 37.8 Å². The Balaban J connectivity index is 1.71. The SMILES string of the molecule is CC(Nc1ccn2ncc(C(=O)O)c2n1)c1c(F)c(F)cc2c1OC(C)(CN)C2. The van der Waals surface area contributed by atoms with Gasteiger partial charge in [0.2, 0.25) is 0 Å². The fourth-order valence-corrected chi connectivity index (χ4v) is 3.52. The summed E-state index contributed by atoms with van der Waals surface area (Å²) in [5, 5.41) is 16.1. The summed E-state index contributed by atoms with van der Waals surface area (Å²) in [5.74, 6) is -2.59. The van der Waals surface area contributed by atoms with E-state index in [2.05, 4.69) is 15.4 Å². The van der Waals surface area contributed by atoms with Gasteiger partial charge in [0.25, 0.3) is 0 Å². The van der Waals surface area contributed by atoms with Crippen LogP contribution in [0.15, 0.2) is 24.5 Å². The van der Waals surface area contributed by atoms with Crippen molar-refractivity contribution in [2.45, 2.75) is 31.9 Å². The Kier molecular flexibility index (Phi) is 4.38. The Labute approximate surface area is 164 Å². The summed E-state index contributed by atoms with van der Waals surface area (Å²) in [5.41, 5.74) is 5.67. The highest BCUT2D eigenvalue weighted by Gasteiger charge is 2.38. The Morgan fingerprint density at radius 2 is 2.28 bits per heavy atom. The van der Waals surface area contributed by atoms with E-state index in [-0.39, 0.29) is 34.9 Å². The van der Waals surface area contributed by atoms with E-state index >= 15 is 0 Å². The number of halogens is 2. The third-order valence-electron chi connectivity index (χ3n) is 5.02. The first kappa shape index (κ1) is 19.1. The number of carboxylic acid groups (broad SMARTS) is 1. The first-order valence-corrected chi connectivity index (χ1v) is 8.96. The van der Waals surface area contributed by atoms with Crippen LogP contribution in [0.25, 0.3) is 5.65 Å². The maximum Gasteiger partial charge on any atom is 0.341 e. The molecule has 1 aromatic carbocycles. The third kappa shape index (κ3) is 3.15. The standard InChI is InChI=1S/C19H19F2N5O3/c1-9(24-13-3-4-26-17(25-13)11(7-23-26)18(27)28)14-15(21)12(20)5-10-6-19(2,8-22)29-16(10)14/h3-5,7,9H,6,8,22H2,1-2H3,(H,24,25)(H,27,28). The molecular weight excluding hydrogens is 384 g/mol. The molecule has 152 valence electrons. The minimum Gasteiger partial charge on any atom is -0.485 e. The van der Waals surface area contributed by atoms with E-state index in [4.69, 9.17) is 10.5 Å². The molecule has 0 aliphatic carbocycles. The van der Waals surface area contributed by atoms with E-state index in [1.54, 1.807) is 19.9 Å². The zero-order valence-corrected chi connectivity index (χ0v) is 15.7. The van der Waals surface area contributed by atoms with Gasteiger partial charge >= 0.3 is 5.97 Å². The van der Waals surface area contributed by atoms with Crippen LogP contribution in [0.1, 0.15) is 41.4 Å². The molecule has 3 heterocycles. The number of fused-ring (bicyclic) bond motifs is 2. The average molecular weight is 403 g/mol. The normalized spacial score (nSPS) is 19.1. The summed E-state index contributed by atoms with van der Waals surface area (Å²) in [6.45, 7) is 3.62. The molecule has 2 atom stereocenters. The largest absolute Gasteiger partial charge is 0.485 e. The Morgan fingerprint density at radius 1 is 1.52 bits per heavy atom. The maximum absolute atomic E-state index is 14.7. The van der Waals surface area contributed by atoms with E-state index in [0.717, 1.165) is 6.07 Å². The third-order valence-corrected chi connectivity index (χ3v) is 5.02. The van der Waals surface area contributed by atoms with Gasteiger partial charge in [-0.05, 0) is 26.0 Å². The predicted octanol–water partition coefficient (Wildman–Crippen LogP) is 2.53. The van der Waals surface area contributed by atoms with Crippen LogP contribution in [-0.2, 0) is 6.42 Å². The van der Waals surface area contributed by atoms with E-state index in [1.807, 2.05) is 0 Å². The van der Waals surface area contributed by atoms with Gasteiger partial charge in [0.15, 0.2) is 17.3 Å². The molecule has 0 amide bonds. The number of hydrogen-bond donors (Lipinski definition) is 3. The van der Waals surface area contributed by atoms with Gasteiger partial charge < -0.3 is 20.9 Å². The number of aromatic carboxylic acids is 1. The second-order valence-corrected chi connectivity index (χ2v) is 7.32. The van der Waals surface area contributed by atoms with Gasteiger partial charge in [0.05, 0.1) is 17.8 Å². The number of rotatable bonds is 5. The van der Waals surface area contributed by atoms with Gasteiger partial charge in [0.1, 0.15) is 22.7 Å². The molecule has 0 fully saturated rings. The van der Waals surface area contributed by atoms with Crippen molar-refractivity contribution in [3.63, 3.8) is 0 Å². The summed E-state index contributed by atoms with van der Waals surface area (Å²) in [7, 11) is 0. The molecule has 1 aliphatic rings. The molecule has 4 N–H and O–H groups in total. The zero-order valence-electron chi connectivity index (χ0n) is 15.7. The highest BCUT2D eigenvalue weighted by molar-refractivity contribution is 5.94. The second kappa shape index (κ2) is 6.66. The van der Waals surface area contributed by atoms with Crippen molar-refractivity contribution in [3.05, 3.63) is 52.9 Å². The van der Waals surface area contributed by atoms with Crippen LogP contribution in [0.3, 0.4) is 0 Å². The van der Waals surface area contributed by atoms with E-state index in [0.29, 0.717) is 12.0 Å². The molecule has 0 saturated heterocycles. The zero-order chi connectivity index (χ0) is 20.9. The minimum absolute atomic E-state index is 0.0332. The smallest absolute Gasteiger partial charge is 0.341 e. The van der Waals surface area contributed by atoms with E-state index < -0.39 is 29.2 Å². The lowest BCUT2D eigenvalue weighted by molar-refractivity contribution is 0.0698. The fourth-order valence-electron chi connectivity index (χ4n) is 3.52. The molecule has 29 heavy (non-hydrogen) atoms. The molecule has 1 aliphatic heterocycles. The van der Waals surface area contributed by atoms with E-state index in [9.17, 15) is 18.7 Å². The molecule has 0 spiro atoms. The molecule has 2 unspecified atom stereocenters. The molecule has 10 heteroatoms. The monoisotopic (exact) mass is 403 g/mol. The van der Waals surface area contributed by atoms with Crippen LogP contribution < -0.4 is 15.8 Å². The number of aromatic nitrogens is 3. The summed E-state index contributed by atoms with van der Waals surface area (Å²) < 4.78 is 36.1. The first-order valence-electron chi connectivity index (χ1n) is 8.96. The van der Waals surface area contributed by atoms with Crippen LogP contribution in [0.2, 0.25) is 0 Å². The molecule has 0 bridgehead atoms. The number of anilines is 1. The molecule has 3 aromatic rings. The molecule has 0 saturated carbocycles. The molecule has 4 rings (SSSR count). The lowest BCUT2D eigenvalue weighted by atomic mass is 9.96. The van der Waals surface area contributed by atoms with E-state index in [1.165, 1.54) is 16.9 Å². The molecular formula is C19H19F2N5O3. The highest BCUT2D eigenvalue weighted by atomic mass is 19.2. The lowest BCUT2D eigenvalue weighted by Gasteiger charge is -2.24. The number of ether oxygens (including phenoxy) is 1. The van der Waals surface area contributed by atoms with Crippen molar-refractivity contribution < 1.29 is 23.4 Å². The van der Waals surface area contributed by atoms with Crippen molar-refractivity contribution in [2.24, 2.45) is 5.73 Å². The minimum atomic E-state index is -1.17. The lowest BCUT2D eigenvalue weighted by Crippen LogP contribution is -2.39. The maximum atomic E-state index is 14.7. The second-order valence-electron chi connectivity index (χ2n) is 7.32. The number of nitrogens with two attached hydrogens (primary N) is 1. The predicted molar refractivity (Wildman–Crippen MR) is 100 cm³/mol. The van der Waals surface area contributed by atoms with Crippen LogP contribution >= 0.6 is 0 Å². The van der Waals surface area contributed by atoms with Gasteiger partial charge in [-0.25, -0.2) is 23.1 Å². The topological polar surface area (TPSA) is 115 Å². The Bertz CT molecular complexity index is 1130. The van der Waals surface area contributed by atoms with Crippen molar-refractivity contribution in [1.82, 2.24) is 14.6 Å². The van der Waals surface area contributed by atoms with Gasteiger partial charge in [-0.15, -0.1) is 0 Å². The molecule has 8 nitrogen and oxygen atoms in total. The first-order chi connectivity index (χ1) is 13.7. The number of carboxylic acids is 1. The van der Waals surface area contributed by atoms with Gasteiger partial charge in [-0.3, -0.25) is 0 Å². The van der Waals surface area contributed by atoms with Crippen molar-refractivity contribution >= 4 is 17.4 Å². The number of nitrogens with zero attached hydrogens (tertiary/aromatic N) is 3. The van der Waals surface area contributed by atoms with Crippen LogP contribution in [0.4, 0.5) is 14.6 Å². The van der Waals surface area contributed by atoms with Gasteiger partial charge in [0, 0.05) is 24.7 Å². The molecule has 0 radical (unpaired) electrons. The summed E-state index contributed by atoms with van der Waals surface area (Å²) >= 11 is 0. The summed E-state index contributed by atoms with van der Waals surface area (Å²) in [4.78, 5) is 15.5. The number of hydrogen-bond acceptors (Lipinski definition) is 6. The Hall–Kier alpha value is -3.27. The van der Waals surface area contributed by atoms with Crippen LogP contribution in [0, 0.1) is 11.6 Å². The highest BCUT2D eigenvalue weighted by Crippen LogP contribution is 2.42. The Morgan fingerprint density at radius 3 is 2.97 bits per heavy atom. The number of carbonyl (C=O) groups is 1. The van der Waals surface area contributed by atoms with Crippen molar-refractivity contribution in [3.8, 4) is 5.75 Å². The quantitative estimate of drug-likeness (QED) is 0.600. The average Bonchev–Trinajstić information content (AvgIpc) is 3.23. The summed E-state index contributed by atoms with van der Waals surface area (Å²) in [6.07, 6.45) is 3.09. The van der Waals surface area contributed by atoms with Gasteiger partial charge in [-0.1, -0.05) is 0 Å². The van der Waals surface area contributed by atoms with Crippen molar-refractivity contribution in [2.75, 3.05) is 11.9 Å². The number of benzene rings is 1. The van der Waals surface area contributed by atoms with Gasteiger partial charge in [-0.2, -0.15) is 5.10 Å². The van der Waals surface area contributed by atoms with Crippen LogP contribution in [0.5, 0.6) is 5.75 Å². The number of nitrogens with one attached hydrogen (secondary N) is 1. The fraction of sp³-hybridized carbons (Fsp3) is 0.316. The summed E-state index contributed by atoms with van der Waals surface area (Å²) in [6, 6.07) is 1.98. The molecule has 2 aromatic heterocycles.